The topological polar surface area (TPSA) is 40.6 Å². The molecule has 0 aromatic carbocycles. The Balaban J connectivity index is 0.994. The Morgan fingerprint density at radius 1 is 0.610 bits per heavy atom. The Kier molecular flexibility index (Phi) is 11.5. The fraction of sp³-hybridized carbons (Fsp3) is 0.375. The van der Waals surface area contributed by atoms with E-state index in [-0.39, 0.29) is 17.2 Å². The molecule has 1 aliphatic carbocycles. The van der Waals surface area contributed by atoms with Gasteiger partial charge in [-0.1, -0.05) is 72.3 Å². The molecule has 0 saturated carbocycles. The molecule has 0 radical (unpaired) electrons. The Hall–Kier alpha value is -3.32. The zero-order valence-corrected chi connectivity index (χ0v) is 40.0. The molecule has 11 heteroatoms. The Morgan fingerprint density at radius 2 is 1.22 bits per heavy atom. The van der Waals surface area contributed by atoms with Crippen LogP contribution in [0.2, 0.25) is 0 Å². The summed E-state index contributed by atoms with van der Waals surface area (Å²) in [5.74, 6) is -0.217. The van der Waals surface area contributed by atoms with Gasteiger partial charge in [0.1, 0.15) is 0 Å². The first kappa shape index (κ1) is 41.1. The van der Waals surface area contributed by atoms with Crippen molar-refractivity contribution in [2.24, 2.45) is 0 Å². The van der Waals surface area contributed by atoms with E-state index in [0.29, 0.717) is 11.1 Å². The average Bonchev–Trinajstić information content (AvgIpc) is 4.07. The number of fused-ring (bicyclic) bond motifs is 4. The first-order chi connectivity index (χ1) is 28.5. The van der Waals surface area contributed by atoms with Crippen LogP contribution in [0.4, 0.5) is 0 Å². The lowest BCUT2D eigenvalue weighted by molar-refractivity contribution is -0.123. The highest BCUT2D eigenvalue weighted by Gasteiger charge is 2.47. The molecule has 4 nitrogen and oxygen atoms in total. The fourth-order valence-corrected chi connectivity index (χ4v) is 16.3. The van der Waals surface area contributed by atoms with Crippen LogP contribution < -0.4 is 9.55 Å². The minimum Gasteiger partial charge on any atom is -0.309 e. The van der Waals surface area contributed by atoms with E-state index in [2.05, 4.69) is 88.5 Å². The van der Waals surface area contributed by atoms with Gasteiger partial charge in [0.05, 0.1) is 32.3 Å². The first-order valence-corrected chi connectivity index (χ1v) is 26.1. The summed E-state index contributed by atoms with van der Waals surface area (Å²) in [7, 11) is 4.52. The molecular weight excluding hydrogens is 840 g/mol. The molecule has 0 saturated heterocycles. The molecule has 304 valence electrons. The third-order valence-electron chi connectivity index (χ3n) is 12.3. The number of carbonyl (C=O) groups excluding carboxylic acids is 2. The van der Waals surface area contributed by atoms with E-state index in [1.165, 1.54) is 124 Å². The summed E-state index contributed by atoms with van der Waals surface area (Å²) in [6.45, 7) is 11.4. The number of hydrogen-bond acceptors (Lipinski definition) is 8. The Morgan fingerprint density at radius 3 is 1.93 bits per heavy atom. The molecule has 0 atom stereocenters. The highest BCUT2D eigenvalue weighted by Crippen LogP contribution is 2.57. The van der Waals surface area contributed by atoms with Crippen molar-refractivity contribution in [3.8, 4) is 29.3 Å². The van der Waals surface area contributed by atoms with Gasteiger partial charge in [0.25, 0.3) is 11.8 Å². The lowest BCUT2D eigenvalue weighted by atomic mass is 9.73. The molecule has 0 bridgehead atoms. The number of rotatable bonds is 16. The van der Waals surface area contributed by atoms with Gasteiger partial charge < -0.3 is 9.80 Å². The van der Waals surface area contributed by atoms with Crippen LogP contribution in [-0.2, 0) is 27.8 Å². The smallest absolute Gasteiger partial charge is 0.261 e. The van der Waals surface area contributed by atoms with Gasteiger partial charge in [-0.05, 0) is 112 Å². The first-order valence-electron chi connectivity index (χ1n) is 21.2. The summed E-state index contributed by atoms with van der Waals surface area (Å²) in [4.78, 5) is 43.0. The number of carbonyl (C=O) groups is 2. The SMILES string of the molecule is CCCCCCc1csc(-c2cc(CCCCCC)c(Bc3ccc(C4=C5C(=O)N(C)C(c6ccc(-c7cc8c(s7)-c7sc(C)cc7C8(C)C)s6)=C5C(=O)N4C)s3)s2)c1. The second-order valence-electron chi connectivity index (χ2n) is 16.9. The van der Waals surface area contributed by atoms with Crippen LogP contribution in [0.5, 0.6) is 0 Å². The monoisotopic (exact) mass is 890 g/mol. The second-order valence-corrected chi connectivity index (χ2v) is 23.5. The fourth-order valence-electron chi connectivity index (χ4n) is 8.98. The molecule has 0 fully saturated rings. The molecule has 2 amide bonds. The highest BCUT2D eigenvalue weighted by molar-refractivity contribution is 7.32. The Bertz CT molecular complexity index is 2650. The lowest BCUT2D eigenvalue weighted by Gasteiger charge is -2.19. The molecule has 6 aromatic rings. The summed E-state index contributed by atoms with van der Waals surface area (Å²) >= 11 is 11.0. The largest absolute Gasteiger partial charge is 0.309 e. The summed E-state index contributed by atoms with van der Waals surface area (Å²) in [6.07, 6.45) is 12.4. The zero-order chi connectivity index (χ0) is 41.2. The van der Waals surface area contributed by atoms with Crippen molar-refractivity contribution in [1.82, 2.24) is 9.80 Å². The van der Waals surface area contributed by atoms with Crippen LogP contribution in [0.1, 0.15) is 116 Å². The third kappa shape index (κ3) is 7.35. The molecule has 2 aliphatic heterocycles. The van der Waals surface area contributed by atoms with E-state index in [9.17, 15) is 9.59 Å². The number of aryl methyl sites for hydroxylation is 3. The number of hydrogen-bond donors (Lipinski definition) is 0. The average molecular weight is 891 g/mol. The van der Waals surface area contributed by atoms with E-state index >= 15 is 0 Å². The number of unbranched alkanes of at least 4 members (excludes halogenated alkanes) is 6. The minimum atomic E-state index is -0.108. The van der Waals surface area contributed by atoms with Crippen molar-refractivity contribution < 1.29 is 9.59 Å². The van der Waals surface area contributed by atoms with E-state index in [1.54, 1.807) is 32.5 Å². The molecule has 8 heterocycles. The third-order valence-corrected chi connectivity index (χ3v) is 19.4. The standard InChI is InChI=1S/C48H51BN2O2S6/c1-8-10-12-14-16-28-23-35(54-26-28)36-24-29(17-15-13-11-9-2)45(59-36)49-38-21-20-34(57-38)42-40-39(46(52)51(42)7)41(50(6)47(40)53)33-19-18-32(56-33)37-25-31-44(58-37)43-30(48(31,4)5)22-27(3)55-43/h18-26,49H,8-17H2,1-7H3. The predicted octanol–water partition coefficient (Wildman–Crippen LogP) is 12.7. The van der Waals surface area contributed by atoms with E-state index < -0.39 is 0 Å². The van der Waals surface area contributed by atoms with Crippen LogP contribution >= 0.6 is 68.0 Å². The summed E-state index contributed by atoms with van der Waals surface area (Å²) < 4.78 is 2.70. The van der Waals surface area contributed by atoms with E-state index in [0.717, 1.165) is 34.8 Å². The summed E-state index contributed by atoms with van der Waals surface area (Å²) in [5.41, 5.74) is 8.29. The predicted molar refractivity (Wildman–Crippen MR) is 261 cm³/mol. The molecule has 0 unspecified atom stereocenters. The van der Waals surface area contributed by atoms with Crippen LogP contribution in [0, 0.1) is 6.92 Å². The summed E-state index contributed by atoms with van der Waals surface area (Å²) in [5, 5.41) is 2.37. The van der Waals surface area contributed by atoms with Crippen molar-refractivity contribution in [2.75, 3.05) is 14.1 Å². The molecule has 59 heavy (non-hydrogen) atoms. The number of amides is 2. The summed E-state index contributed by atoms with van der Waals surface area (Å²) in [6, 6.07) is 18.2. The van der Waals surface area contributed by atoms with E-state index in [1.807, 2.05) is 59.4 Å². The van der Waals surface area contributed by atoms with Gasteiger partial charge in [0.15, 0.2) is 0 Å². The molecular formula is C48H51BN2O2S6. The van der Waals surface area contributed by atoms with Crippen LogP contribution in [0.25, 0.3) is 40.7 Å². The maximum absolute atomic E-state index is 14.2. The van der Waals surface area contributed by atoms with Crippen molar-refractivity contribution >= 4 is 108 Å². The van der Waals surface area contributed by atoms with Crippen LogP contribution in [0.15, 0.2) is 65.1 Å². The zero-order valence-electron chi connectivity index (χ0n) is 35.1. The number of nitrogens with zero attached hydrogens (tertiary/aromatic N) is 2. The van der Waals surface area contributed by atoms with Gasteiger partial charge in [-0.25, -0.2) is 0 Å². The van der Waals surface area contributed by atoms with Gasteiger partial charge in [-0.3, -0.25) is 9.59 Å². The molecule has 9 rings (SSSR count). The number of thiophene rings is 6. The number of likely N-dealkylation sites (N-methyl/N-ethyl adjacent to an activating group) is 2. The Labute approximate surface area is 374 Å². The maximum Gasteiger partial charge on any atom is 0.261 e. The van der Waals surface area contributed by atoms with Gasteiger partial charge in [0.2, 0.25) is 7.28 Å². The molecule has 0 N–H and O–H groups in total. The van der Waals surface area contributed by atoms with Crippen molar-refractivity contribution in [1.29, 1.82) is 0 Å². The van der Waals surface area contributed by atoms with Crippen molar-refractivity contribution in [3.63, 3.8) is 0 Å². The lowest BCUT2D eigenvalue weighted by Crippen LogP contribution is -2.25. The van der Waals surface area contributed by atoms with Crippen LogP contribution in [-0.4, -0.2) is 43.0 Å². The van der Waals surface area contributed by atoms with Gasteiger partial charge in [-0.15, -0.1) is 68.0 Å². The van der Waals surface area contributed by atoms with Crippen LogP contribution in [0.3, 0.4) is 0 Å². The van der Waals surface area contributed by atoms with Gasteiger partial charge >= 0.3 is 0 Å². The second kappa shape index (κ2) is 16.5. The van der Waals surface area contributed by atoms with Crippen molar-refractivity contribution in [2.45, 2.75) is 104 Å². The minimum absolute atomic E-state index is 0.0174. The maximum atomic E-state index is 14.2. The van der Waals surface area contributed by atoms with Crippen molar-refractivity contribution in [3.05, 3.63) is 102 Å². The van der Waals surface area contributed by atoms with E-state index in [4.69, 9.17) is 0 Å². The van der Waals surface area contributed by atoms with Gasteiger partial charge in [0, 0.05) is 53.7 Å². The molecule has 0 spiro atoms. The quantitative estimate of drug-likeness (QED) is 0.0717. The normalized spacial score (nSPS) is 15.7. The molecule has 3 aliphatic rings. The van der Waals surface area contributed by atoms with Gasteiger partial charge in [-0.2, -0.15) is 0 Å². The highest BCUT2D eigenvalue weighted by atomic mass is 32.1. The molecule has 6 aromatic heterocycles.